The molecule has 0 atom stereocenters. The Morgan fingerprint density at radius 3 is 0.607 bits per heavy atom. The van der Waals surface area contributed by atoms with Crippen molar-refractivity contribution in [1.82, 2.24) is 9.13 Å². The van der Waals surface area contributed by atoms with Crippen LogP contribution in [-0.4, -0.2) is 9.13 Å². The molecular weight excluding hydrogens is 1470 g/mol. The Balaban J connectivity index is 0.000000146. The van der Waals surface area contributed by atoms with Crippen molar-refractivity contribution in [1.29, 1.82) is 0 Å². The molecule has 0 unspecified atom stereocenters. The highest BCUT2D eigenvalue weighted by Crippen LogP contribution is 2.49. The van der Waals surface area contributed by atoms with Crippen LogP contribution in [0.3, 0.4) is 0 Å². The molecule has 0 spiro atoms. The smallest absolute Gasteiger partial charge is 0.0541 e. The molecule has 23 aromatic rings. The summed E-state index contributed by atoms with van der Waals surface area (Å²) in [6, 6.07) is 176. The molecule has 4 heteroatoms. The Morgan fingerprint density at radius 2 is 0.311 bits per heavy atom. The molecule has 0 saturated carbocycles. The standard InChI is InChI=1S/C62H42N2.C56H38N2/c1-4-16-43(17-5-1)44-28-35-50(36-29-44)63(51-37-30-45(31-38-51)48-34-41-60-58(42-48)53-22-14-15-27-59(53)64(60)49-20-8-3-9-21-49)52-39-32-47(33-40-52)62-56-25-12-10-23-54(56)61(46-18-6-2-7-19-46)55-24-11-13-26-57(55)62;1-4-16-40(17-5-1)55-48-23-10-12-25-50(48)56(51-26-13-11-24-49(51)55)41-30-35-46(36-31-41)57(43-18-6-2-7-19-43)45-33-28-39(29-34-45)42-32-37-54-52(38-42)47-22-14-15-27-53(47)58(54)44-20-8-3-9-21-44/h1-42H;1-38H. The van der Waals surface area contributed by atoms with E-state index in [0.717, 1.165) is 34.1 Å². The Labute approximate surface area is 709 Å². The van der Waals surface area contributed by atoms with Crippen LogP contribution in [0.4, 0.5) is 34.1 Å². The van der Waals surface area contributed by atoms with Gasteiger partial charge in [-0.2, -0.15) is 0 Å². The van der Waals surface area contributed by atoms with Gasteiger partial charge in [-0.15, -0.1) is 0 Å². The molecular formula is C118H80N4. The van der Waals surface area contributed by atoms with Gasteiger partial charge in [0.25, 0.3) is 0 Å². The minimum absolute atomic E-state index is 1.09. The predicted molar refractivity (Wildman–Crippen MR) is 519 cm³/mol. The van der Waals surface area contributed by atoms with Crippen molar-refractivity contribution in [2.24, 2.45) is 0 Å². The summed E-state index contributed by atoms with van der Waals surface area (Å²) in [7, 11) is 0. The monoisotopic (exact) mass is 1550 g/mol. The molecule has 0 amide bonds. The summed E-state index contributed by atoms with van der Waals surface area (Å²) in [4.78, 5) is 4.71. The summed E-state index contributed by atoms with van der Waals surface area (Å²) in [5.74, 6) is 0. The third kappa shape index (κ3) is 13.1. The van der Waals surface area contributed by atoms with E-state index in [1.165, 1.54) is 176 Å². The van der Waals surface area contributed by atoms with Gasteiger partial charge in [-0.05, 0) is 254 Å². The molecule has 0 radical (unpaired) electrons. The molecule has 4 nitrogen and oxygen atoms in total. The first kappa shape index (κ1) is 72.3. The first-order valence-corrected chi connectivity index (χ1v) is 41.9. The zero-order valence-electron chi connectivity index (χ0n) is 67.0. The number of hydrogen-bond donors (Lipinski definition) is 0. The first-order chi connectivity index (χ1) is 60.6. The van der Waals surface area contributed by atoms with Crippen LogP contribution in [0.1, 0.15) is 0 Å². The van der Waals surface area contributed by atoms with Gasteiger partial charge in [0.2, 0.25) is 0 Å². The fourth-order valence-corrected chi connectivity index (χ4v) is 18.8. The van der Waals surface area contributed by atoms with E-state index < -0.39 is 0 Å². The Morgan fingerprint density at radius 1 is 0.123 bits per heavy atom. The van der Waals surface area contributed by atoms with Crippen LogP contribution < -0.4 is 9.80 Å². The lowest BCUT2D eigenvalue weighted by Crippen LogP contribution is -2.09. The lowest BCUT2D eigenvalue weighted by atomic mass is 9.86. The molecule has 21 aromatic carbocycles. The maximum absolute atomic E-state index is 2.37. The largest absolute Gasteiger partial charge is 0.311 e. The molecule has 2 heterocycles. The fraction of sp³-hybridized carbons (Fsp3) is 0. The second-order valence-electron chi connectivity index (χ2n) is 31.4. The number of rotatable bonds is 15. The van der Waals surface area contributed by atoms with Gasteiger partial charge in [0.05, 0.1) is 22.1 Å². The molecule has 0 aliphatic heterocycles. The van der Waals surface area contributed by atoms with Gasteiger partial charge in [0, 0.05) is 67.0 Å². The first-order valence-electron chi connectivity index (χ1n) is 41.9. The van der Waals surface area contributed by atoms with Crippen LogP contribution in [0, 0.1) is 0 Å². The van der Waals surface area contributed by atoms with Crippen molar-refractivity contribution in [2.75, 3.05) is 9.80 Å². The van der Waals surface area contributed by atoms with Gasteiger partial charge in [-0.3, -0.25) is 0 Å². The number of nitrogens with zero attached hydrogens (tertiary/aromatic N) is 4. The average Bonchev–Trinajstić information content (AvgIpc) is 1.46. The minimum Gasteiger partial charge on any atom is -0.311 e. The van der Waals surface area contributed by atoms with E-state index >= 15 is 0 Å². The van der Waals surface area contributed by atoms with Crippen LogP contribution in [0.5, 0.6) is 0 Å². The summed E-state index contributed by atoms with van der Waals surface area (Å²) in [5.41, 5.74) is 30.8. The van der Waals surface area contributed by atoms with E-state index in [0.29, 0.717) is 0 Å². The molecule has 0 saturated heterocycles. The third-order valence-corrected chi connectivity index (χ3v) is 24.4. The number of benzene rings is 21. The van der Waals surface area contributed by atoms with Crippen molar-refractivity contribution in [2.45, 2.75) is 0 Å². The van der Waals surface area contributed by atoms with Crippen molar-refractivity contribution < 1.29 is 0 Å². The minimum atomic E-state index is 1.09. The normalized spacial score (nSPS) is 11.4. The highest BCUT2D eigenvalue weighted by Gasteiger charge is 2.23. The number of hydrogen-bond acceptors (Lipinski definition) is 2. The van der Waals surface area contributed by atoms with E-state index in [2.05, 4.69) is 504 Å². The fourth-order valence-electron chi connectivity index (χ4n) is 18.8. The molecule has 0 bridgehead atoms. The lowest BCUT2D eigenvalue weighted by molar-refractivity contribution is 1.18. The highest BCUT2D eigenvalue weighted by molar-refractivity contribution is 6.23. The third-order valence-electron chi connectivity index (χ3n) is 24.4. The van der Waals surface area contributed by atoms with Gasteiger partial charge in [0.15, 0.2) is 0 Å². The predicted octanol–water partition coefficient (Wildman–Crippen LogP) is 32.8. The second-order valence-corrected chi connectivity index (χ2v) is 31.4. The Bertz CT molecular complexity index is 7670. The van der Waals surface area contributed by atoms with Crippen LogP contribution in [-0.2, 0) is 0 Å². The van der Waals surface area contributed by atoms with Gasteiger partial charge < -0.3 is 18.9 Å². The summed E-state index contributed by atoms with van der Waals surface area (Å²) in [6.45, 7) is 0. The van der Waals surface area contributed by atoms with Crippen LogP contribution in [0.25, 0.3) is 176 Å². The molecule has 2 aromatic heterocycles. The highest BCUT2D eigenvalue weighted by atomic mass is 15.1. The maximum Gasteiger partial charge on any atom is 0.0541 e. The molecule has 0 N–H and O–H groups in total. The van der Waals surface area contributed by atoms with Gasteiger partial charge in [-0.1, -0.05) is 352 Å². The van der Waals surface area contributed by atoms with E-state index in [-0.39, 0.29) is 0 Å². The zero-order valence-corrected chi connectivity index (χ0v) is 67.0. The molecule has 0 fully saturated rings. The summed E-state index contributed by atoms with van der Waals surface area (Å²) >= 11 is 0. The van der Waals surface area contributed by atoms with E-state index in [4.69, 9.17) is 0 Å². The zero-order chi connectivity index (χ0) is 80.8. The summed E-state index contributed by atoms with van der Waals surface area (Å²) < 4.78 is 4.74. The van der Waals surface area contributed by atoms with Crippen LogP contribution in [0.15, 0.2) is 485 Å². The number of fused-ring (bicyclic) bond motifs is 10. The van der Waals surface area contributed by atoms with Gasteiger partial charge in [0.1, 0.15) is 0 Å². The quantitative estimate of drug-likeness (QED) is 0.0951. The number of para-hydroxylation sites is 5. The SMILES string of the molecule is c1ccc(-c2c3ccccc3c(-c3ccc(N(c4ccccc4)c4ccc(-c5ccc6c(c5)c5ccccc5n6-c5ccccc5)cc4)cc3)c3ccccc23)cc1.c1ccc(-c2ccc(N(c3ccc(-c4ccc5c(c4)c4ccccc4n5-c4ccccc4)cc3)c3ccc(-c4c5ccccc5c(-c5ccccc5)c5ccccc45)cc3)cc2)cc1. The Kier molecular flexibility index (Phi) is 18.6. The molecule has 122 heavy (non-hydrogen) atoms. The molecule has 23 rings (SSSR count). The summed E-state index contributed by atoms with van der Waals surface area (Å²) in [6.07, 6.45) is 0. The number of aromatic nitrogens is 2. The average molecular weight is 1550 g/mol. The van der Waals surface area contributed by atoms with Crippen molar-refractivity contribution in [3.63, 3.8) is 0 Å². The van der Waals surface area contributed by atoms with Crippen molar-refractivity contribution in [3.8, 4) is 89.3 Å². The van der Waals surface area contributed by atoms with E-state index in [9.17, 15) is 0 Å². The van der Waals surface area contributed by atoms with Crippen LogP contribution >= 0.6 is 0 Å². The summed E-state index contributed by atoms with van der Waals surface area (Å²) in [5, 5.41) is 15.1. The molecule has 572 valence electrons. The van der Waals surface area contributed by atoms with Gasteiger partial charge in [-0.25, -0.2) is 0 Å². The van der Waals surface area contributed by atoms with Crippen LogP contribution in [0.2, 0.25) is 0 Å². The number of anilines is 6. The molecule has 0 aliphatic rings. The molecule has 0 aliphatic carbocycles. The maximum atomic E-state index is 2.37. The van der Waals surface area contributed by atoms with Crippen molar-refractivity contribution >= 4 is 121 Å². The second kappa shape index (κ2) is 31.4. The van der Waals surface area contributed by atoms with Crippen molar-refractivity contribution in [3.05, 3.63) is 485 Å². The lowest BCUT2D eigenvalue weighted by Gasteiger charge is -2.26. The Hall–Kier alpha value is -16.1. The van der Waals surface area contributed by atoms with Gasteiger partial charge >= 0.3 is 0 Å². The van der Waals surface area contributed by atoms with E-state index in [1.807, 2.05) is 0 Å². The van der Waals surface area contributed by atoms with E-state index in [1.54, 1.807) is 0 Å². The topological polar surface area (TPSA) is 16.3 Å².